The Morgan fingerprint density at radius 2 is 2.25 bits per heavy atom. The van der Waals surface area contributed by atoms with Gasteiger partial charge in [0.05, 0.1) is 5.92 Å². The summed E-state index contributed by atoms with van der Waals surface area (Å²) in [6, 6.07) is 0.547. The fraction of sp³-hybridized carbons (Fsp3) is 0.769. The number of nitrogens with two attached hydrogens (primary N) is 1. The average molecular weight is 222 g/mol. The molecule has 2 N–H and O–H groups in total. The van der Waals surface area contributed by atoms with Crippen molar-refractivity contribution >= 4 is 5.91 Å². The summed E-state index contributed by atoms with van der Waals surface area (Å²) in [5.41, 5.74) is 5.80. The minimum atomic E-state index is 0.0437. The van der Waals surface area contributed by atoms with Crippen molar-refractivity contribution in [3.8, 4) is 0 Å². The van der Waals surface area contributed by atoms with E-state index in [1.54, 1.807) is 0 Å². The van der Waals surface area contributed by atoms with Crippen LogP contribution in [0, 0.1) is 5.92 Å². The summed E-state index contributed by atoms with van der Waals surface area (Å²) in [5.74, 6) is 0.345. The van der Waals surface area contributed by atoms with E-state index in [4.69, 9.17) is 5.73 Å². The van der Waals surface area contributed by atoms with Gasteiger partial charge in [-0.1, -0.05) is 19.1 Å². The number of hydrogen-bond donors (Lipinski definition) is 1. The van der Waals surface area contributed by atoms with E-state index in [-0.39, 0.29) is 12.0 Å². The third kappa shape index (κ3) is 2.29. The third-order valence-electron chi connectivity index (χ3n) is 3.82. The molecule has 1 fully saturated rings. The van der Waals surface area contributed by atoms with Gasteiger partial charge in [-0.25, -0.2) is 0 Å². The van der Waals surface area contributed by atoms with Crippen LogP contribution in [0.2, 0.25) is 0 Å². The maximum Gasteiger partial charge on any atom is 0.229 e. The summed E-state index contributed by atoms with van der Waals surface area (Å²) >= 11 is 0. The molecular formula is C13H22N2O. The van der Waals surface area contributed by atoms with Crippen LogP contribution >= 0.6 is 0 Å². The first-order valence-electron chi connectivity index (χ1n) is 6.46. The normalized spacial score (nSPS) is 34.4. The molecule has 2 aliphatic rings. The van der Waals surface area contributed by atoms with Gasteiger partial charge in [0.1, 0.15) is 0 Å². The molecule has 1 amide bonds. The highest BCUT2D eigenvalue weighted by molar-refractivity contribution is 5.81. The van der Waals surface area contributed by atoms with Crippen molar-refractivity contribution in [3.05, 3.63) is 12.2 Å². The van der Waals surface area contributed by atoms with Crippen LogP contribution in [0.25, 0.3) is 0 Å². The lowest BCUT2D eigenvalue weighted by molar-refractivity contribution is -0.137. The van der Waals surface area contributed by atoms with Gasteiger partial charge in [-0.2, -0.15) is 0 Å². The van der Waals surface area contributed by atoms with E-state index in [9.17, 15) is 4.79 Å². The first-order chi connectivity index (χ1) is 7.72. The van der Waals surface area contributed by atoms with Crippen LogP contribution in [0.5, 0.6) is 0 Å². The van der Waals surface area contributed by atoms with Crippen molar-refractivity contribution < 1.29 is 4.79 Å². The maximum atomic E-state index is 12.3. The van der Waals surface area contributed by atoms with E-state index in [0.29, 0.717) is 11.9 Å². The Kier molecular flexibility index (Phi) is 3.64. The summed E-state index contributed by atoms with van der Waals surface area (Å²) in [7, 11) is 0. The fourth-order valence-corrected chi connectivity index (χ4v) is 2.84. The van der Waals surface area contributed by atoms with E-state index in [1.807, 2.05) is 12.2 Å². The minimum absolute atomic E-state index is 0.0437. The lowest BCUT2D eigenvalue weighted by Gasteiger charge is -2.36. The number of nitrogens with zero attached hydrogens (tertiary/aromatic N) is 1. The molecule has 0 aromatic heterocycles. The standard InChI is InChI=1S/C13H22N2O/c1-2-12-5-3-4-8-15(12)13(16)10-6-7-11(14)9-10/h6-7,10-12H,2-5,8-9,14H2,1H3. The van der Waals surface area contributed by atoms with Crippen LogP contribution < -0.4 is 5.73 Å². The first-order valence-corrected chi connectivity index (χ1v) is 6.46. The molecule has 1 saturated heterocycles. The molecule has 3 unspecified atom stereocenters. The lowest BCUT2D eigenvalue weighted by Crippen LogP contribution is -2.46. The smallest absolute Gasteiger partial charge is 0.229 e. The van der Waals surface area contributed by atoms with E-state index in [2.05, 4.69) is 11.8 Å². The number of amides is 1. The Labute approximate surface area is 97.7 Å². The van der Waals surface area contributed by atoms with Crippen molar-refractivity contribution in [2.75, 3.05) is 6.54 Å². The summed E-state index contributed by atoms with van der Waals surface area (Å²) in [6.07, 6.45) is 9.43. The lowest BCUT2D eigenvalue weighted by atomic mass is 9.97. The van der Waals surface area contributed by atoms with Gasteiger partial charge in [-0.05, 0) is 32.1 Å². The molecular weight excluding hydrogens is 200 g/mol. The van der Waals surface area contributed by atoms with Gasteiger partial charge >= 0.3 is 0 Å². The maximum absolute atomic E-state index is 12.3. The molecule has 0 saturated carbocycles. The molecule has 0 spiro atoms. The second-order valence-electron chi connectivity index (χ2n) is 4.98. The number of carbonyl (C=O) groups excluding carboxylic acids is 1. The summed E-state index contributed by atoms with van der Waals surface area (Å²) < 4.78 is 0. The Bertz CT molecular complexity index is 288. The molecule has 2 rings (SSSR count). The van der Waals surface area contributed by atoms with Crippen LogP contribution in [0.1, 0.15) is 39.0 Å². The fourth-order valence-electron chi connectivity index (χ4n) is 2.84. The van der Waals surface area contributed by atoms with Gasteiger partial charge in [-0.3, -0.25) is 4.79 Å². The Morgan fingerprint density at radius 3 is 2.88 bits per heavy atom. The number of likely N-dealkylation sites (tertiary alicyclic amines) is 1. The zero-order chi connectivity index (χ0) is 11.5. The predicted molar refractivity (Wildman–Crippen MR) is 64.9 cm³/mol. The highest BCUT2D eigenvalue weighted by atomic mass is 16.2. The number of piperidine rings is 1. The van der Waals surface area contributed by atoms with Crippen LogP contribution in [0.3, 0.4) is 0 Å². The molecule has 3 atom stereocenters. The van der Waals surface area contributed by atoms with E-state index in [1.165, 1.54) is 12.8 Å². The topological polar surface area (TPSA) is 46.3 Å². The molecule has 90 valence electrons. The quantitative estimate of drug-likeness (QED) is 0.723. The zero-order valence-electron chi connectivity index (χ0n) is 10.1. The molecule has 0 bridgehead atoms. The summed E-state index contributed by atoms with van der Waals surface area (Å²) in [6.45, 7) is 3.11. The molecule has 1 heterocycles. The Balaban J connectivity index is 1.99. The van der Waals surface area contributed by atoms with Gasteiger partial charge in [0.15, 0.2) is 0 Å². The molecule has 0 aromatic carbocycles. The second kappa shape index (κ2) is 5.00. The van der Waals surface area contributed by atoms with Crippen molar-refractivity contribution in [2.24, 2.45) is 11.7 Å². The number of carbonyl (C=O) groups is 1. The highest BCUT2D eigenvalue weighted by Gasteiger charge is 2.31. The van der Waals surface area contributed by atoms with Gasteiger partial charge in [0.2, 0.25) is 5.91 Å². The molecule has 16 heavy (non-hydrogen) atoms. The molecule has 1 aliphatic heterocycles. The largest absolute Gasteiger partial charge is 0.339 e. The monoisotopic (exact) mass is 222 g/mol. The van der Waals surface area contributed by atoms with Crippen LogP contribution in [0.15, 0.2) is 12.2 Å². The van der Waals surface area contributed by atoms with Crippen molar-refractivity contribution in [1.29, 1.82) is 0 Å². The second-order valence-corrected chi connectivity index (χ2v) is 4.98. The summed E-state index contributed by atoms with van der Waals surface area (Å²) in [4.78, 5) is 14.4. The number of hydrogen-bond acceptors (Lipinski definition) is 2. The third-order valence-corrected chi connectivity index (χ3v) is 3.82. The van der Waals surface area contributed by atoms with Gasteiger partial charge in [0.25, 0.3) is 0 Å². The Morgan fingerprint density at radius 1 is 1.44 bits per heavy atom. The van der Waals surface area contributed by atoms with Gasteiger partial charge in [0, 0.05) is 18.6 Å². The first kappa shape index (κ1) is 11.6. The van der Waals surface area contributed by atoms with E-state index < -0.39 is 0 Å². The van der Waals surface area contributed by atoms with Crippen LogP contribution in [0.4, 0.5) is 0 Å². The zero-order valence-corrected chi connectivity index (χ0v) is 10.1. The molecule has 3 nitrogen and oxygen atoms in total. The van der Waals surface area contributed by atoms with Crippen LogP contribution in [-0.4, -0.2) is 29.4 Å². The van der Waals surface area contributed by atoms with Crippen molar-refractivity contribution in [3.63, 3.8) is 0 Å². The number of rotatable bonds is 2. The SMILES string of the molecule is CCC1CCCCN1C(=O)C1C=CC(N)C1. The van der Waals surface area contributed by atoms with Crippen molar-refractivity contribution in [2.45, 2.75) is 51.1 Å². The van der Waals surface area contributed by atoms with Gasteiger partial charge in [-0.15, -0.1) is 0 Å². The highest BCUT2D eigenvalue weighted by Crippen LogP contribution is 2.25. The van der Waals surface area contributed by atoms with Crippen molar-refractivity contribution in [1.82, 2.24) is 4.90 Å². The molecule has 0 aromatic rings. The molecule has 0 radical (unpaired) electrons. The average Bonchev–Trinajstić information content (AvgIpc) is 2.75. The van der Waals surface area contributed by atoms with E-state index in [0.717, 1.165) is 25.8 Å². The molecule has 1 aliphatic carbocycles. The van der Waals surface area contributed by atoms with E-state index >= 15 is 0 Å². The van der Waals surface area contributed by atoms with Gasteiger partial charge < -0.3 is 10.6 Å². The minimum Gasteiger partial charge on any atom is -0.339 e. The Hall–Kier alpha value is -0.830. The summed E-state index contributed by atoms with van der Waals surface area (Å²) in [5, 5.41) is 0. The predicted octanol–water partition coefficient (Wildman–Crippen LogP) is 1.68. The van der Waals surface area contributed by atoms with Crippen LogP contribution in [-0.2, 0) is 4.79 Å². The molecule has 3 heteroatoms.